The Hall–Kier alpha value is -3.15. The number of rotatable bonds is 4. The van der Waals surface area contributed by atoms with E-state index in [0.717, 1.165) is 11.3 Å². The number of primary amides is 1. The minimum atomic E-state index is -0.624. The molecule has 2 aromatic carbocycles. The summed E-state index contributed by atoms with van der Waals surface area (Å²) >= 11 is 0. The molecular weight excluding hydrogens is 297 g/mol. The molecule has 1 heterocycles. The molecule has 6 heteroatoms. The minimum absolute atomic E-state index is 0.139. The zero-order valence-electron chi connectivity index (χ0n) is 12.4. The van der Waals surface area contributed by atoms with Crippen LogP contribution in [0.3, 0.4) is 0 Å². The molecule has 0 aliphatic carbocycles. The molecule has 0 saturated carbocycles. The van der Waals surface area contributed by atoms with Crippen LogP contribution in [0.4, 0.5) is 4.39 Å². The van der Waals surface area contributed by atoms with Crippen LogP contribution in [0.25, 0.3) is 16.9 Å². The third-order valence-electron chi connectivity index (χ3n) is 3.42. The van der Waals surface area contributed by atoms with Gasteiger partial charge in [-0.3, -0.25) is 4.79 Å². The monoisotopic (exact) mass is 311 g/mol. The molecule has 0 aliphatic rings. The van der Waals surface area contributed by atoms with Gasteiger partial charge in [0.25, 0.3) is 5.91 Å². The van der Waals surface area contributed by atoms with Crippen molar-refractivity contribution in [3.05, 3.63) is 66.1 Å². The molecular formula is C17H14FN3O2. The quantitative estimate of drug-likeness (QED) is 0.805. The largest absolute Gasteiger partial charge is 0.497 e. The first kappa shape index (κ1) is 14.8. The summed E-state index contributed by atoms with van der Waals surface area (Å²) in [5, 5.41) is 4.22. The molecule has 0 fully saturated rings. The molecule has 2 N–H and O–H groups in total. The van der Waals surface area contributed by atoms with Crippen LogP contribution in [0.5, 0.6) is 5.75 Å². The summed E-state index contributed by atoms with van der Waals surface area (Å²) in [6.45, 7) is 0. The molecule has 0 unspecified atom stereocenters. The van der Waals surface area contributed by atoms with Crippen molar-refractivity contribution in [1.29, 1.82) is 0 Å². The molecule has 1 amide bonds. The fourth-order valence-corrected chi connectivity index (χ4v) is 2.25. The van der Waals surface area contributed by atoms with E-state index in [0.29, 0.717) is 11.4 Å². The number of benzene rings is 2. The first-order chi connectivity index (χ1) is 11.1. The van der Waals surface area contributed by atoms with Crippen molar-refractivity contribution >= 4 is 5.91 Å². The second kappa shape index (κ2) is 5.92. The van der Waals surface area contributed by atoms with Gasteiger partial charge in [0, 0.05) is 5.56 Å². The van der Waals surface area contributed by atoms with E-state index in [9.17, 15) is 9.18 Å². The summed E-state index contributed by atoms with van der Waals surface area (Å²) in [6, 6.07) is 14.7. The zero-order valence-corrected chi connectivity index (χ0v) is 12.4. The molecule has 0 atom stereocenters. The van der Waals surface area contributed by atoms with E-state index >= 15 is 0 Å². The Balaban J connectivity index is 2.13. The van der Waals surface area contributed by atoms with E-state index in [2.05, 4.69) is 5.10 Å². The van der Waals surface area contributed by atoms with Gasteiger partial charge in [-0.1, -0.05) is 0 Å². The smallest absolute Gasteiger partial charge is 0.269 e. The highest BCUT2D eigenvalue weighted by Crippen LogP contribution is 2.26. The SMILES string of the molecule is COc1ccc(-c2cc(C(N)=O)nn2-c2ccc(F)cc2)cc1. The lowest BCUT2D eigenvalue weighted by atomic mass is 10.1. The maximum atomic E-state index is 13.1. The Morgan fingerprint density at radius 3 is 2.35 bits per heavy atom. The Morgan fingerprint density at radius 2 is 1.78 bits per heavy atom. The lowest BCUT2D eigenvalue weighted by Gasteiger charge is -2.08. The van der Waals surface area contributed by atoms with E-state index in [1.54, 1.807) is 42.1 Å². The number of aromatic nitrogens is 2. The van der Waals surface area contributed by atoms with Gasteiger partial charge in [0.15, 0.2) is 5.69 Å². The van der Waals surface area contributed by atoms with Crippen LogP contribution >= 0.6 is 0 Å². The molecule has 0 saturated heterocycles. The number of halogens is 1. The number of nitrogens with zero attached hydrogens (tertiary/aromatic N) is 2. The first-order valence-corrected chi connectivity index (χ1v) is 6.89. The molecule has 3 aromatic rings. The summed E-state index contributed by atoms with van der Waals surface area (Å²) in [5.74, 6) is -0.251. The number of carbonyl (C=O) groups excluding carboxylic acids is 1. The number of amides is 1. The second-order valence-electron chi connectivity index (χ2n) is 4.90. The Morgan fingerprint density at radius 1 is 1.13 bits per heavy atom. The molecule has 0 bridgehead atoms. The summed E-state index contributed by atoms with van der Waals surface area (Å²) < 4.78 is 19.8. The molecule has 1 aromatic heterocycles. The fourth-order valence-electron chi connectivity index (χ4n) is 2.25. The topological polar surface area (TPSA) is 70.1 Å². The summed E-state index contributed by atoms with van der Waals surface area (Å²) in [4.78, 5) is 11.5. The van der Waals surface area contributed by atoms with Crippen molar-refractivity contribution in [3.8, 4) is 22.7 Å². The molecule has 5 nitrogen and oxygen atoms in total. The van der Waals surface area contributed by atoms with Crippen molar-refractivity contribution in [2.24, 2.45) is 5.73 Å². The average Bonchev–Trinajstić information content (AvgIpc) is 3.01. The van der Waals surface area contributed by atoms with Crippen molar-refractivity contribution in [2.75, 3.05) is 7.11 Å². The summed E-state index contributed by atoms with van der Waals surface area (Å²) in [7, 11) is 1.59. The van der Waals surface area contributed by atoms with Gasteiger partial charge in [0.1, 0.15) is 11.6 Å². The lowest BCUT2D eigenvalue weighted by molar-refractivity contribution is 0.0995. The highest BCUT2D eigenvalue weighted by molar-refractivity contribution is 5.92. The number of nitrogens with two attached hydrogens (primary N) is 1. The third kappa shape index (κ3) is 2.91. The van der Waals surface area contributed by atoms with Crippen molar-refractivity contribution < 1.29 is 13.9 Å². The van der Waals surface area contributed by atoms with Gasteiger partial charge >= 0.3 is 0 Å². The Bertz CT molecular complexity index is 839. The second-order valence-corrected chi connectivity index (χ2v) is 4.90. The van der Waals surface area contributed by atoms with Crippen LogP contribution in [0, 0.1) is 5.82 Å². The summed E-state index contributed by atoms with van der Waals surface area (Å²) in [6.07, 6.45) is 0. The standard InChI is InChI=1S/C17H14FN3O2/c1-23-14-8-2-11(3-9-14)16-10-15(17(19)22)20-21(16)13-6-4-12(18)5-7-13/h2-10H,1H3,(H2,19,22). The van der Waals surface area contributed by atoms with Gasteiger partial charge in [-0.15, -0.1) is 0 Å². The predicted molar refractivity (Wildman–Crippen MR) is 84.0 cm³/mol. The van der Waals surface area contributed by atoms with Crippen molar-refractivity contribution in [3.63, 3.8) is 0 Å². The minimum Gasteiger partial charge on any atom is -0.497 e. The van der Waals surface area contributed by atoms with Crippen LogP contribution < -0.4 is 10.5 Å². The van der Waals surface area contributed by atoms with Crippen LogP contribution in [-0.2, 0) is 0 Å². The first-order valence-electron chi connectivity index (χ1n) is 6.89. The van der Waals surface area contributed by atoms with Gasteiger partial charge in [-0.25, -0.2) is 9.07 Å². The molecule has 116 valence electrons. The Kier molecular flexibility index (Phi) is 3.80. The number of ether oxygens (including phenoxy) is 1. The van der Waals surface area contributed by atoms with E-state index in [-0.39, 0.29) is 11.5 Å². The fraction of sp³-hybridized carbons (Fsp3) is 0.0588. The van der Waals surface area contributed by atoms with E-state index in [4.69, 9.17) is 10.5 Å². The normalized spacial score (nSPS) is 10.5. The van der Waals surface area contributed by atoms with Crippen LogP contribution in [-0.4, -0.2) is 22.8 Å². The molecule has 23 heavy (non-hydrogen) atoms. The average molecular weight is 311 g/mol. The van der Waals surface area contributed by atoms with E-state index in [1.807, 2.05) is 12.1 Å². The number of hydrogen-bond donors (Lipinski definition) is 1. The molecule has 0 radical (unpaired) electrons. The maximum absolute atomic E-state index is 13.1. The van der Waals surface area contributed by atoms with Gasteiger partial charge in [0.2, 0.25) is 0 Å². The number of hydrogen-bond acceptors (Lipinski definition) is 3. The number of carbonyl (C=O) groups is 1. The van der Waals surface area contributed by atoms with Gasteiger partial charge in [-0.05, 0) is 54.6 Å². The number of methoxy groups -OCH3 is 1. The van der Waals surface area contributed by atoms with Crippen molar-refractivity contribution in [1.82, 2.24) is 9.78 Å². The van der Waals surface area contributed by atoms with E-state index in [1.165, 1.54) is 12.1 Å². The van der Waals surface area contributed by atoms with Gasteiger partial charge < -0.3 is 10.5 Å². The van der Waals surface area contributed by atoms with Crippen LogP contribution in [0.1, 0.15) is 10.5 Å². The Labute approximate surface area is 132 Å². The zero-order chi connectivity index (χ0) is 16.4. The van der Waals surface area contributed by atoms with E-state index < -0.39 is 5.91 Å². The van der Waals surface area contributed by atoms with Gasteiger partial charge in [-0.2, -0.15) is 5.10 Å². The van der Waals surface area contributed by atoms with Crippen molar-refractivity contribution in [2.45, 2.75) is 0 Å². The van der Waals surface area contributed by atoms with Gasteiger partial charge in [0.05, 0.1) is 18.5 Å². The molecule has 3 rings (SSSR count). The lowest BCUT2D eigenvalue weighted by Crippen LogP contribution is -2.12. The summed E-state index contributed by atoms with van der Waals surface area (Å²) in [5.41, 5.74) is 7.60. The highest BCUT2D eigenvalue weighted by Gasteiger charge is 2.15. The van der Waals surface area contributed by atoms with Crippen LogP contribution in [0.15, 0.2) is 54.6 Å². The third-order valence-corrected chi connectivity index (χ3v) is 3.42. The molecule has 0 aliphatic heterocycles. The molecule has 0 spiro atoms. The highest BCUT2D eigenvalue weighted by atomic mass is 19.1. The maximum Gasteiger partial charge on any atom is 0.269 e. The predicted octanol–water partition coefficient (Wildman–Crippen LogP) is 2.79. The van der Waals surface area contributed by atoms with Crippen LogP contribution in [0.2, 0.25) is 0 Å².